The lowest BCUT2D eigenvalue weighted by molar-refractivity contribution is 0.104. The average molecular weight is 289 g/mol. The van der Waals surface area contributed by atoms with Crippen LogP contribution in [0.5, 0.6) is 0 Å². The lowest BCUT2D eigenvalue weighted by atomic mass is 10.0. The first-order chi connectivity index (χ1) is 10.3. The summed E-state index contributed by atoms with van der Waals surface area (Å²) in [7, 11) is 0. The number of nitrogens with zero attached hydrogens (tertiary/aromatic N) is 1. The number of rotatable bonds is 2. The first-order valence-electron chi connectivity index (χ1n) is 6.69. The minimum atomic E-state index is 0.0421. The van der Waals surface area contributed by atoms with Crippen molar-refractivity contribution in [2.75, 3.05) is 0 Å². The highest BCUT2D eigenvalue weighted by Gasteiger charge is 2.15. The molecule has 0 bridgehead atoms. The van der Waals surface area contributed by atoms with Gasteiger partial charge in [-0.15, -0.1) is 11.3 Å². The molecule has 0 saturated carbocycles. The summed E-state index contributed by atoms with van der Waals surface area (Å²) in [5.41, 5.74) is 0.666. The normalized spacial score (nSPS) is 11.0. The molecule has 0 aliphatic rings. The van der Waals surface area contributed by atoms with Crippen LogP contribution in [0.25, 0.3) is 20.9 Å². The summed E-state index contributed by atoms with van der Waals surface area (Å²) in [4.78, 5) is 17.8. The number of benzene rings is 2. The number of carbonyl (C=O) groups is 1. The van der Waals surface area contributed by atoms with Gasteiger partial charge in [0.2, 0.25) is 5.78 Å². The Morgan fingerprint density at radius 3 is 2.52 bits per heavy atom. The Bertz CT molecular complexity index is 933. The number of hydrogen-bond acceptors (Lipinski definition) is 3. The maximum atomic E-state index is 12.8. The van der Waals surface area contributed by atoms with Crippen molar-refractivity contribution in [2.45, 2.75) is 0 Å². The lowest BCUT2D eigenvalue weighted by Gasteiger charge is -2.03. The maximum absolute atomic E-state index is 12.8. The van der Waals surface area contributed by atoms with Gasteiger partial charge in [-0.1, -0.05) is 42.5 Å². The first kappa shape index (κ1) is 12.2. The van der Waals surface area contributed by atoms with Crippen molar-refractivity contribution in [1.82, 2.24) is 4.98 Å². The molecule has 0 unspecified atom stereocenters. The van der Waals surface area contributed by atoms with Gasteiger partial charge in [0, 0.05) is 28.0 Å². The van der Waals surface area contributed by atoms with Crippen LogP contribution in [0.1, 0.15) is 15.2 Å². The summed E-state index contributed by atoms with van der Waals surface area (Å²) in [6.45, 7) is 0. The number of ketones is 1. The molecule has 4 rings (SSSR count). The highest BCUT2D eigenvalue weighted by molar-refractivity contribution is 7.21. The van der Waals surface area contributed by atoms with Gasteiger partial charge in [-0.05, 0) is 22.9 Å². The Hall–Kier alpha value is -2.52. The van der Waals surface area contributed by atoms with E-state index in [9.17, 15) is 4.79 Å². The van der Waals surface area contributed by atoms with Crippen LogP contribution in [0.4, 0.5) is 0 Å². The van der Waals surface area contributed by atoms with Gasteiger partial charge in [0.1, 0.15) is 0 Å². The van der Waals surface area contributed by atoms with Crippen LogP contribution in [0.15, 0.2) is 67.0 Å². The topological polar surface area (TPSA) is 30.0 Å². The third-order valence-electron chi connectivity index (χ3n) is 3.56. The second-order valence-electron chi connectivity index (χ2n) is 4.89. The molecule has 0 fully saturated rings. The van der Waals surface area contributed by atoms with Crippen LogP contribution in [-0.2, 0) is 0 Å². The fraction of sp³-hybridized carbons (Fsp3) is 0. The summed E-state index contributed by atoms with van der Waals surface area (Å²) < 4.78 is 1.13. The molecular weight excluding hydrogens is 278 g/mol. The minimum absolute atomic E-state index is 0.0421. The molecule has 0 spiro atoms. The van der Waals surface area contributed by atoms with Crippen LogP contribution in [0.2, 0.25) is 0 Å². The van der Waals surface area contributed by atoms with Crippen molar-refractivity contribution < 1.29 is 4.79 Å². The molecule has 0 aliphatic carbocycles. The SMILES string of the molecule is O=C(c1cc2ccccc2s1)c1cncc2ccccc12. The fourth-order valence-electron chi connectivity index (χ4n) is 2.52. The number of pyridine rings is 1. The highest BCUT2D eigenvalue weighted by Crippen LogP contribution is 2.28. The number of aromatic nitrogens is 1. The molecule has 0 N–H and O–H groups in total. The number of carbonyl (C=O) groups excluding carboxylic acids is 1. The summed E-state index contributed by atoms with van der Waals surface area (Å²) in [5.74, 6) is 0.0421. The van der Waals surface area contributed by atoms with E-state index in [1.807, 2.05) is 54.6 Å². The Kier molecular flexibility index (Phi) is 2.79. The largest absolute Gasteiger partial charge is 0.288 e. The number of fused-ring (bicyclic) bond motifs is 2. The summed E-state index contributed by atoms with van der Waals surface area (Å²) >= 11 is 1.53. The fourth-order valence-corrected chi connectivity index (χ4v) is 3.54. The van der Waals surface area contributed by atoms with E-state index in [2.05, 4.69) is 4.98 Å². The van der Waals surface area contributed by atoms with Gasteiger partial charge in [0.15, 0.2) is 0 Å². The standard InChI is InChI=1S/C18H11NOS/c20-18(17-9-12-5-2-4-8-16(12)21-17)15-11-19-10-13-6-1-3-7-14(13)15/h1-11H. The Balaban J connectivity index is 1.90. The van der Waals surface area contributed by atoms with Crippen molar-refractivity contribution in [3.8, 4) is 0 Å². The third-order valence-corrected chi connectivity index (χ3v) is 4.68. The number of thiophene rings is 1. The monoisotopic (exact) mass is 289 g/mol. The summed E-state index contributed by atoms with van der Waals surface area (Å²) in [6, 6.07) is 17.9. The molecular formula is C18H11NOS. The van der Waals surface area contributed by atoms with E-state index in [0.717, 1.165) is 25.7 Å². The van der Waals surface area contributed by atoms with E-state index in [4.69, 9.17) is 0 Å². The van der Waals surface area contributed by atoms with E-state index >= 15 is 0 Å². The Morgan fingerprint density at radius 2 is 1.67 bits per heavy atom. The van der Waals surface area contributed by atoms with E-state index < -0.39 is 0 Å². The minimum Gasteiger partial charge on any atom is -0.288 e. The van der Waals surface area contributed by atoms with Crippen LogP contribution in [0.3, 0.4) is 0 Å². The second-order valence-corrected chi connectivity index (χ2v) is 5.97. The summed E-state index contributed by atoms with van der Waals surface area (Å²) in [5, 5.41) is 3.05. The molecule has 3 heteroatoms. The van der Waals surface area contributed by atoms with E-state index in [0.29, 0.717) is 5.56 Å². The molecule has 0 atom stereocenters. The van der Waals surface area contributed by atoms with Gasteiger partial charge in [-0.25, -0.2) is 0 Å². The van der Waals surface area contributed by atoms with Gasteiger partial charge in [0.25, 0.3) is 0 Å². The quantitative estimate of drug-likeness (QED) is 0.501. The van der Waals surface area contributed by atoms with Crippen molar-refractivity contribution in [3.63, 3.8) is 0 Å². The molecule has 2 aromatic carbocycles. The zero-order valence-electron chi connectivity index (χ0n) is 11.1. The lowest BCUT2D eigenvalue weighted by Crippen LogP contribution is -2.00. The van der Waals surface area contributed by atoms with Crippen LogP contribution < -0.4 is 0 Å². The van der Waals surface area contributed by atoms with Crippen LogP contribution in [0, 0.1) is 0 Å². The van der Waals surface area contributed by atoms with Crippen LogP contribution >= 0.6 is 11.3 Å². The predicted octanol–water partition coefficient (Wildman–Crippen LogP) is 4.68. The van der Waals surface area contributed by atoms with Crippen molar-refractivity contribution >= 4 is 38.0 Å². The van der Waals surface area contributed by atoms with E-state index in [1.54, 1.807) is 12.4 Å². The Labute approximate surface area is 125 Å². The van der Waals surface area contributed by atoms with Crippen molar-refractivity contribution in [2.24, 2.45) is 0 Å². The van der Waals surface area contributed by atoms with Crippen molar-refractivity contribution in [1.29, 1.82) is 0 Å². The van der Waals surface area contributed by atoms with E-state index in [-0.39, 0.29) is 5.78 Å². The highest BCUT2D eigenvalue weighted by atomic mass is 32.1. The molecule has 21 heavy (non-hydrogen) atoms. The van der Waals surface area contributed by atoms with Crippen molar-refractivity contribution in [3.05, 3.63) is 77.4 Å². The summed E-state index contributed by atoms with van der Waals surface area (Å²) in [6.07, 6.45) is 3.45. The molecule has 0 radical (unpaired) electrons. The third kappa shape index (κ3) is 2.03. The first-order valence-corrected chi connectivity index (χ1v) is 7.50. The van der Waals surface area contributed by atoms with Gasteiger partial charge < -0.3 is 0 Å². The second kappa shape index (κ2) is 4.79. The predicted molar refractivity (Wildman–Crippen MR) is 87.0 cm³/mol. The molecule has 100 valence electrons. The molecule has 0 saturated heterocycles. The van der Waals surface area contributed by atoms with Gasteiger partial charge in [0.05, 0.1) is 4.88 Å². The smallest absolute Gasteiger partial charge is 0.205 e. The van der Waals surface area contributed by atoms with Gasteiger partial charge in [-0.2, -0.15) is 0 Å². The van der Waals surface area contributed by atoms with Crippen LogP contribution in [-0.4, -0.2) is 10.8 Å². The number of hydrogen-bond donors (Lipinski definition) is 0. The molecule has 2 heterocycles. The van der Waals surface area contributed by atoms with Gasteiger partial charge >= 0.3 is 0 Å². The average Bonchev–Trinajstić information content (AvgIpc) is 2.97. The molecule has 0 aliphatic heterocycles. The molecule has 4 aromatic rings. The molecule has 2 nitrogen and oxygen atoms in total. The Morgan fingerprint density at radius 1 is 0.905 bits per heavy atom. The molecule has 2 aromatic heterocycles. The van der Waals surface area contributed by atoms with Gasteiger partial charge in [-0.3, -0.25) is 9.78 Å². The molecule has 0 amide bonds. The zero-order valence-corrected chi connectivity index (χ0v) is 11.9. The van der Waals surface area contributed by atoms with E-state index in [1.165, 1.54) is 11.3 Å². The zero-order chi connectivity index (χ0) is 14.2. The maximum Gasteiger partial charge on any atom is 0.205 e.